The minimum atomic E-state index is -0.841. The second-order valence-electron chi connectivity index (χ2n) is 6.23. The van der Waals surface area contributed by atoms with E-state index < -0.39 is 10.8 Å². The molecule has 3 heteroatoms. The molecule has 1 N–H and O–H groups in total. The molecule has 1 aromatic carbocycles. The van der Waals surface area contributed by atoms with Crippen LogP contribution in [-0.2, 0) is 17.2 Å². The monoisotopic (exact) mass is 295 g/mol. The van der Waals surface area contributed by atoms with Crippen LogP contribution in [0.2, 0.25) is 0 Å². The second kappa shape index (κ2) is 7.94. The fraction of sp³-hybridized carbons (Fsp3) is 0.647. The zero-order valence-electron chi connectivity index (χ0n) is 13.5. The van der Waals surface area contributed by atoms with E-state index in [0.717, 1.165) is 19.4 Å². The molecule has 1 aromatic rings. The highest BCUT2D eigenvalue weighted by Gasteiger charge is 2.23. The maximum Gasteiger partial charge on any atom is 0.0437 e. The van der Waals surface area contributed by atoms with E-state index >= 15 is 0 Å². The van der Waals surface area contributed by atoms with Gasteiger partial charge in [-0.25, -0.2) is 0 Å². The van der Waals surface area contributed by atoms with Crippen molar-refractivity contribution in [2.75, 3.05) is 12.3 Å². The lowest BCUT2D eigenvalue weighted by atomic mass is 10.0. The maximum atomic E-state index is 12.4. The van der Waals surface area contributed by atoms with Gasteiger partial charge in [0.2, 0.25) is 0 Å². The number of hydrogen-bond acceptors (Lipinski definition) is 2. The summed E-state index contributed by atoms with van der Waals surface area (Å²) in [6.07, 6.45) is 2.15. The minimum Gasteiger partial charge on any atom is -0.309 e. The summed E-state index contributed by atoms with van der Waals surface area (Å²) in [6.45, 7) is 11.4. The van der Waals surface area contributed by atoms with Crippen LogP contribution in [0.15, 0.2) is 24.3 Å². The maximum absolute atomic E-state index is 12.4. The molecule has 0 bridgehead atoms. The van der Waals surface area contributed by atoms with E-state index in [9.17, 15) is 4.21 Å². The molecule has 0 heterocycles. The molecule has 2 unspecified atom stereocenters. The molecule has 0 aromatic heterocycles. The summed E-state index contributed by atoms with van der Waals surface area (Å²) in [5.41, 5.74) is 2.59. The zero-order valence-corrected chi connectivity index (χ0v) is 14.3. The van der Waals surface area contributed by atoms with Gasteiger partial charge in [-0.1, -0.05) is 38.1 Å². The van der Waals surface area contributed by atoms with Crippen molar-refractivity contribution in [3.05, 3.63) is 35.4 Å². The lowest BCUT2D eigenvalue weighted by Gasteiger charge is -2.24. The van der Waals surface area contributed by atoms with Gasteiger partial charge in [-0.15, -0.1) is 0 Å². The van der Waals surface area contributed by atoms with E-state index in [4.69, 9.17) is 0 Å². The van der Waals surface area contributed by atoms with Crippen molar-refractivity contribution >= 4 is 10.8 Å². The summed E-state index contributed by atoms with van der Waals surface area (Å²) in [6, 6.07) is 8.88. The summed E-state index contributed by atoms with van der Waals surface area (Å²) >= 11 is 0. The predicted octanol–water partition coefficient (Wildman–Crippen LogP) is 3.84. The third-order valence-corrected chi connectivity index (χ3v) is 5.43. The summed E-state index contributed by atoms with van der Waals surface area (Å²) in [5.74, 6) is 0.676. The first-order valence-electron chi connectivity index (χ1n) is 7.59. The third-order valence-electron chi connectivity index (χ3n) is 3.43. The molecule has 0 saturated heterocycles. The topological polar surface area (TPSA) is 29.1 Å². The average Bonchev–Trinajstić information content (AvgIpc) is 2.42. The predicted molar refractivity (Wildman–Crippen MR) is 89.6 cm³/mol. The molecule has 0 amide bonds. The third kappa shape index (κ3) is 5.37. The molecule has 0 aliphatic rings. The summed E-state index contributed by atoms with van der Waals surface area (Å²) in [4.78, 5) is 0. The lowest BCUT2D eigenvalue weighted by Crippen LogP contribution is -2.33. The smallest absolute Gasteiger partial charge is 0.0437 e. The summed E-state index contributed by atoms with van der Waals surface area (Å²) < 4.78 is 12.2. The van der Waals surface area contributed by atoms with Gasteiger partial charge >= 0.3 is 0 Å². The fourth-order valence-electron chi connectivity index (χ4n) is 1.98. The molecule has 0 radical (unpaired) electrons. The summed E-state index contributed by atoms with van der Waals surface area (Å²) in [5, 5.41) is 3.53. The fourth-order valence-corrected chi connectivity index (χ4v) is 3.09. The number of hydrogen-bond donors (Lipinski definition) is 1. The first-order chi connectivity index (χ1) is 9.38. The Morgan fingerprint density at radius 1 is 1.15 bits per heavy atom. The molecule has 0 aliphatic carbocycles. The molecule has 0 spiro atoms. The van der Waals surface area contributed by atoms with E-state index in [2.05, 4.69) is 43.4 Å². The number of rotatable bonds is 7. The van der Waals surface area contributed by atoms with Crippen LogP contribution in [0.3, 0.4) is 0 Å². The molecule has 2 nitrogen and oxygen atoms in total. The zero-order chi connectivity index (χ0) is 15.2. The van der Waals surface area contributed by atoms with Gasteiger partial charge in [-0.3, -0.25) is 4.21 Å². The van der Waals surface area contributed by atoms with Crippen LogP contribution < -0.4 is 5.32 Å². The van der Waals surface area contributed by atoms with Gasteiger partial charge in [-0.2, -0.15) is 0 Å². The quantitative estimate of drug-likeness (QED) is 0.828. The van der Waals surface area contributed by atoms with Crippen LogP contribution in [0.4, 0.5) is 0 Å². The van der Waals surface area contributed by atoms with E-state index in [1.165, 1.54) is 11.1 Å². The first kappa shape index (κ1) is 17.4. The van der Waals surface area contributed by atoms with Crippen molar-refractivity contribution in [2.45, 2.75) is 58.2 Å². The van der Waals surface area contributed by atoms with E-state index in [0.29, 0.717) is 5.75 Å². The van der Waals surface area contributed by atoms with Crippen molar-refractivity contribution in [3.63, 3.8) is 0 Å². The molecule has 1 rings (SSSR count). The van der Waals surface area contributed by atoms with Crippen LogP contribution in [0, 0.1) is 0 Å². The van der Waals surface area contributed by atoms with E-state index in [1.807, 2.05) is 20.8 Å². The van der Waals surface area contributed by atoms with Gasteiger partial charge in [-0.05, 0) is 51.3 Å². The first-order valence-corrected chi connectivity index (χ1v) is 8.91. The van der Waals surface area contributed by atoms with Gasteiger partial charge in [0.15, 0.2) is 0 Å². The highest BCUT2D eigenvalue weighted by atomic mass is 32.2. The van der Waals surface area contributed by atoms with Crippen LogP contribution in [-0.4, -0.2) is 21.3 Å². The largest absolute Gasteiger partial charge is 0.309 e. The molecule has 0 aliphatic heterocycles. The van der Waals surface area contributed by atoms with Crippen molar-refractivity contribution < 1.29 is 4.21 Å². The Hall–Kier alpha value is -0.670. The normalized spacial score (nSPS) is 15.1. The molecular formula is C17H29NOS. The minimum absolute atomic E-state index is 0.157. The standard InChI is InChI=1S/C17H29NOS/c1-6-12-18-16(13-20(19)17(3,4)5)15-10-8-14(7-2)9-11-15/h8-11,16,18H,6-7,12-13H2,1-5H3. The van der Waals surface area contributed by atoms with Crippen molar-refractivity contribution in [1.82, 2.24) is 5.32 Å². The lowest BCUT2D eigenvalue weighted by molar-refractivity contribution is 0.563. The molecular weight excluding hydrogens is 266 g/mol. The molecule has 0 saturated carbocycles. The Morgan fingerprint density at radius 3 is 2.20 bits per heavy atom. The van der Waals surface area contributed by atoms with Crippen molar-refractivity contribution in [3.8, 4) is 0 Å². The Labute approximate surface area is 126 Å². The number of benzene rings is 1. The summed E-state index contributed by atoms with van der Waals surface area (Å²) in [7, 11) is -0.841. The van der Waals surface area contributed by atoms with Gasteiger partial charge in [0.05, 0.1) is 0 Å². The van der Waals surface area contributed by atoms with Crippen molar-refractivity contribution in [1.29, 1.82) is 0 Å². The molecule has 2 atom stereocenters. The highest BCUT2D eigenvalue weighted by molar-refractivity contribution is 7.86. The van der Waals surface area contributed by atoms with E-state index in [-0.39, 0.29) is 10.8 Å². The van der Waals surface area contributed by atoms with Crippen molar-refractivity contribution in [2.24, 2.45) is 0 Å². The Kier molecular flexibility index (Phi) is 6.90. The highest BCUT2D eigenvalue weighted by Crippen LogP contribution is 2.20. The van der Waals surface area contributed by atoms with Crippen LogP contribution in [0.1, 0.15) is 58.2 Å². The molecule has 114 valence electrons. The molecule has 0 fully saturated rings. The van der Waals surface area contributed by atoms with Gasteiger partial charge < -0.3 is 5.32 Å². The Morgan fingerprint density at radius 2 is 1.75 bits per heavy atom. The Balaban J connectivity index is 2.84. The Bertz CT molecular complexity index is 420. The molecule has 20 heavy (non-hydrogen) atoms. The number of nitrogens with one attached hydrogen (secondary N) is 1. The number of aryl methyl sites for hydroxylation is 1. The van der Waals surface area contributed by atoms with Crippen LogP contribution in [0.25, 0.3) is 0 Å². The van der Waals surface area contributed by atoms with Crippen LogP contribution >= 0.6 is 0 Å². The average molecular weight is 295 g/mol. The second-order valence-corrected chi connectivity index (χ2v) is 8.48. The van der Waals surface area contributed by atoms with E-state index in [1.54, 1.807) is 0 Å². The van der Waals surface area contributed by atoms with Gasteiger partial charge in [0.1, 0.15) is 0 Å². The van der Waals surface area contributed by atoms with Gasteiger partial charge in [0.25, 0.3) is 0 Å². The van der Waals surface area contributed by atoms with Gasteiger partial charge in [0, 0.05) is 27.3 Å². The van der Waals surface area contributed by atoms with Crippen LogP contribution in [0.5, 0.6) is 0 Å². The SMILES string of the molecule is CCCNC(CS(=O)C(C)(C)C)c1ccc(CC)cc1.